The number of anilines is 1. The molecule has 0 unspecified atom stereocenters. The van der Waals surface area contributed by atoms with Gasteiger partial charge < -0.3 is 10.6 Å². The number of aryl methyl sites for hydroxylation is 1. The average Bonchev–Trinajstić information content (AvgIpc) is 2.40. The summed E-state index contributed by atoms with van der Waals surface area (Å²) in [7, 11) is 0. The highest BCUT2D eigenvalue weighted by atomic mass is 16.2. The first-order valence-electron chi connectivity index (χ1n) is 7.03. The fourth-order valence-electron chi connectivity index (χ4n) is 2.37. The van der Waals surface area contributed by atoms with Gasteiger partial charge in [0.15, 0.2) is 0 Å². The lowest BCUT2D eigenvalue weighted by molar-refractivity contribution is 0.252. The van der Waals surface area contributed by atoms with Crippen molar-refractivity contribution in [3.8, 4) is 0 Å². The van der Waals surface area contributed by atoms with Crippen LogP contribution in [0.4, 0.5) is 10.5 Å². The molecule has 2 amide bonds. The third kappa shape index (κ3) is 4.78. The van der Waals surface area contributed by atoms with Crippen molar-refractivity contribution >= 4 is 11.7 Å². The molecule has 102 valence electrons. The number of rotatable bonds is 4. The van der Waals surface area contributed by atoms with E-state index in [1.165, 1.54) is 31.3 Å². The van der Waals surface area contributed by atoms with E-state index >= 15 is 0 Å². The van der Waals surface area contributed by atoms with Crippen LogP contribution in [0.15, 0.2) is 35.9 Å². The van der Waals surface area contributed by atoms with Gasteiger partial charge in [0, 0.05) is 12.2 Å². The number of amides is 2. The summed E-state index contributed by atoms with van der Waals surface area (Å²) in [5.74, 6) is 0. The first kappa shape index (κ1) is 13.7. The Morgan fingerprint density at radius 1 is 1.32 bits per heavy atom. The van der Waals surface area contributed by atoms with Gasteiger partial charge in [0.1, 0.15) is 0 Å². The molecule has 2 rings (SSSR count). The number of hydrogen-bond acceptors (Lipinski definition) is 1. The van der Waals surface area contributed by atoms with Crippen LogP contribution < -0.4 is 10.6 Å². The largest absolute Gasteiger partial charge is 0.338 e. The van der Waals surface area contributed by atoms with Gasteiger partial charge in [0.2, 0.25) is 0 Å². The second kappa shape index (κ2) is 6.98. The van der Waals surface area contributed by atoms with E-state index in [1.807, 2.05) is 31.2 Å². The van der Waals surface area contributed by atoms with Gasteiger partial charge in [-0.25, -0.2) is 4.79 Å². The molecule has 0 radical (unpaired) electrons. The number of hydrogen-bond donors (Lipinski definition) is 2. The SMILES string of the molecule is Cc1cccc(NC(=O)NCCC2=CCCCC2)c1. The molecule has 1 aliphatic rings. The van der Waals surface area contributed by atoms with E-state index in [1.54, 1.807) is 0 Å². The molecule has 0 aromatic heterocycles. The van der Waals surface area contributed by atoms with E-state index in [9.17, 15) is 4.79 Å². The van der Waals surface area contributed by atoms with Crippen LogP contribution in [0, 0.1) is 6.92 Å². The minimum absolute atomic E-state index is 0.123. The molecule has 0 bridgehead atoms. The standard InChI is InChI=1S/C16H22N2O/c1-13-6-5-9-15(12-13)18-16(19)17-11-10-14-7-3-2-4-8-14/h5-7,9,12H,2-4,8,10-11H2,1H3,(H2,17,18,19). The maximum absolute atomic E-state index is 11.7. The Kier molecular flexibility index (Phi) is 5.01. The fraction of sp³-hybridized carbons (Fsp3) is 0.438. The molecule has 1 aromatic rings. The Hall–Kier alpha value is -1.77. The highest BCUT2D eigenvalue weighted by molar-refractivity contribution is 5.89. The van der Waals surface area contributed by atoms with Crippen LogP contribution in [0.2, 0.25) is 0 Å². The van der Waals surface area contributed by atoms with E-state index in [4.69, 9.17) is 0 Å². The monoisotopic (exact) mass is 258 g/mol. The number of nitrogens with one attached hydrogen (secondary N) is 2. The summed E-state index contributed by atoms with van der Waals surface area (Å²) >= 11 is 0. The van der Waals surface area contributed by atoms with Crippen LogP contribution in [-0.4, -0.2) is 12.6 Å². The van der Waals surface area contributed by atoms with Crippen molar-refractivity contribution in [2.24, 2.45) is 0 Å². The third-order valence-electron chi connectivity index (χ3n) is 3.39. The van der Waals surface area contributed by atoms with Crippen molar-refractivity contribution < 1.29 is 4.79 Å². The normalized spacial score (nSPS) is 14.7. The highest BCUT2D eigenvalue weighted by Gasteiger charge is 2.05. The van der Waals surface area contributed by atoms with Crippen LogP contribution in [0.5, 0.6) is 0 Å². The zero-order chi connectivity index (χ0) is 13.5. The molecule has 1 aromatic carbocycles. The van der Waals surface area contributed by atoms with Crippen LogP contribution in [-0.2, 0) is 0 Å². The molecule has 0 spiro atoms. The summed E-state index contributed by atoms with van der Waals surface area (Å²) in [6.07, 6.45) is 8.29. The topological polar surface area (TPSA) is 41.1 Å². The first-order valence-corrected chi connectivity index (χ1v) is 7.03. The number of benzene rings is 1. The summed E-state index contributed by atoms with van der Waals surface area (Å²) in [6.45, 7) is 2.72. The summed E-state index contributed by atoms with van der Waals surface area (Å²) < 4.78 is 0. The molecular formula is C16H22N2O. The van der Waals surface area contributed by atoms with Gasteiger partial charge in [-0.1, -0.05) is 23.8 Å². The second-order valence-electron chi connectivity index (χ2n) is 5.11. The van der Waals surface area contributed by atoms with Gasteiger partial charge in [-0.15, -0.1) is 0 Å². The van der Waals surface area contributed by atoms with Gasteiger partial charge >= 0.3 is 6.03 Å². The zero-order valence-electron chi connectivity index (χ0n) is 11.5. The maximum atomic E-state index is 11.7. The smallest absolute Gasteiger partial charge is 0.319 e. The Morgan fingerprint density at radius 3 is 2.95 bits per heavy atom. The highest BCUT2D eigenvalue weighted by Crippen LogP contribution is 2.19. The van der Waals surface area contributed by atoms with Crippen molar-refractivity contribution in [2.45, 2.75) is 39.0 Å². The van der Waals surface area contributed by atoms with Crippen molar-refractivity contribution in [1.82, 2.24) is 5.32 Å². The quantitative estimate of drug-likeness (QED) is 0.787. The molecule has 3 nitrogen and oxygen atoms in total. The Balaban J connectivity index is 1.71. The van der Waals surface area contributed by atoms with Gasteiger partial charge in [-0.3, -0.25) is 0 Å². The molecule has 3 heteroatoms. The minimum Gasteiger partial charge on any atom is -0.338 e. The molecule has 0 saturated heterocycles. The lowest BCUT2D eigenvalue weighted by atomic mass is 9.97. The maximum Gasteiger partial charge on any atom is 0.319 e. The first-order chi connectivity index (χ1) is 9.24. The molecule has 19 heavy (non-hydrogen) atoms. The molecule has 0 aliphatic heterocycles. The van der Waals surface area contributed by atoms with E-state index in [0.717, 1.165) is 17.7 Å². The summed E-state index contributed by atoms with van der Waals surface area (Å²) in [6, 6.07) is 7.69. The molecule has 0 heterocycles. The zero-order valence-corrected chi connectivity index (χ0v) is 11.5. The summed E-state index contributed by atoms with van der Waals surface area (Å²) in [5, 5.41) is 5.76. The lowest BCUT2D eigenvalue weighted by Crippen LogP contribution is -2.29. The van der Waals surface area contributed by atoms with Crippen LogP contribution in [0.1, 0.15) is 37.7 Å². The van der Waals surface area contributed by atoms with Gasteiger partial charge in [0.25, 0.3) is 0 Å². The molecule has 0 atom stereocenters. The number of urea groups is 1. The summed E-state index contributed by atoms with van der Waals surface area (Å²) in [5.41, 5.74) is 3.47. The Bertz CT molecular complexity index is 466. The lowest BCUT2D eigenvalue weighted by Gasteiger charge is -2.13. The van der Waals surface area contributed by atoms with E-state index in [2.05, 4.69) is 16.7 Å². The van der Waals surface area contributed by atoms with Crippen LogP contribution in [0.3, 0.4) is 0 Å². The molecule has 0 saturated carbocycles. The molecular weight excluding hydrogens is 236 g/mol. The summed E-state index contributed by atoms with van der Waals surface area (Å²) in [4.78, 5) is 11.7. The molecule has 2 N–H and O–H groups in total. The third-order valence-corrected chi connectivity index (χ3v) is 3.39. The van der Waals surface area contributed by atoms with Crippen molar-refractivity contribution in [1.29, 1.82) is 0 Å². The van der Waals surface area contributed by atoms with Gasteiger partial charge in [0.05, 0.1) is 0 Å². The average molecular weight is 258 g/mol. The Morgan fingerprint density at radius 2 is 2.21 bits per heavy atom. The Labute approximate surface area is 115 Å². The van der Waals surface area contributed by atoms with Crippen LogP contribution in [0.25, 0.3) is 0 Å². The molecule has 0 fully saturated rings. The van der Waals surface area contributed by atoms with Gasteiger partial charge in [-0.05, 0) is 56.7 Å². The van der Waals surface area contributed by atoms with E-state index in [0.29, 0.717) is 6.54 Å². The number of carbonyl (C=O) groups is 1. The minimum atomic E-state index is -0.123. The number of allylic oxidation sites excluding steroid dienone is 1. The van der Waals surface area contributed by atoms with Crippen molar-refractivity contribution in [3.63, 3.8) is 0 Å². The van der Waals surface area contributed by atoms with Crippen molar-refractivity contribution in [2.75, 3.05) is 11.9 Å². The van der Waals surface area contributed by atoms with E-state index < -0.39 is 0 Å². The van der Waals surface area contributed by atoms with Crippen LogP contribution >= 0.6 is 0 Å². The van der Waals surface area contributed by atoms with E-state index in [-0.39, 0.29) is 6.03 Å². The van der Waals surface area contributed by atoms with Gasteiger partial charge in [-0.2, -0.15) is 0 Å². The fourth-order valence-corrected chi connectivity index (χ4v) is 2.37. The van der Waals surface area contributed by atoms with Crippen molar-refractivity contribution in [3.05, 3.63) is 41.5 Å². The predicted molar refractivity (Wildman–Crippen MR) is 79.4 cm³/mol. The molecule has 1 aliphatic carbocycles. The second-order valence-corrected chi connectivity index (χ2v) is 5.11. The predicted octanol–water partition coefficient (Wildman–Crippen LogP) is 4.01. The number of carbonyl (C=O) groups excluding carboxylic acids is 1.